The number of anilines is 1. The zero-order chi connectivity index (χ0) is 12.6. The van der Waals surface area contributed by atoms with Gasteiger partial charge in [-0.05, 0) is 18.1 Å². The van der Waals surface area contributed by atoms with Crippen molar-refractivity contribution in [3.8, 4) is 0 Å². The maximum Gasteiger partial charge on any atom is 0.227 e. The first-order valence-electron chi connectivity index (χ1n) is 5.04. The van der Waals surface area contributed by atoms with Gasteiger partial charge >= 0.3 is 0 Å². The maximum atomic E-state index is 13.5. The molecule has 17 heavy (non-hydrogen) atoms. The molecule has 0 bridgehead atoms. The predicted octanol–water partition coefficient (Wildman–Crippen LogP) is 2.85. The molecule has 0 saturated carbocycles. The average molecular weight is 308 g/mol. The Morgan fingerprint density at radius 1 is 1.29 bits per heavy atom. The topological polar surface area (TPSA) is 20.3 Å². The molecule has 0 spiro atoms. The standard InChI is InChI=1S/C11H9BrF3NO/c12-4-6-3-9(17)16(5-6)8-2-1-7(13)10(14)11(8)15/h1-2,6H,3-5H2. The van der Waals surface area contributed by atoms with Crippen LogP contribution in [-0.4, -0.2) is 17.8 Å². The minimum absolute atomic E-state index is 0.0648. The van der Waals surface area contributed by atoms with Gasteiger partial charge in [0, 0.05) is 18.3 Å². The normalized spacial score (nSPS) is 20.1. The number of amides is 1. The van der Waals surface area contributed by atoms with Crippen LogP contribution in [0.15, 0.2) is 12.1 Å². The molecule has 1 heterocycles. The highest BCUT2D eigenvalue weighted by atomic mass is 79.9. The summed E-state index contributed by atoms with van der Waals surface area (Å²) in [6, 6.07) is 1.91. The molecule has 1 unspecified atom stereocenters. The molecule has 0 aromatic heterocycles. The van der Waals surface area contributed by atoms with Gasteiger partial charge in [-0.25, -0.2) is 13.2 Å². The maximum absolute atomic E-state index is 13.5. The van der Waals surface area contributed by atoms with Crippen LogP contribution in [0, 0.1) is 23.4 Å². The molecule has 1 aliphatic heterocycles. The first kappa shape index (κ1) is 12.4. The van der Waals surface area contributed by atoms with Gasteiger partial charge in [0.1, 0.15) is 0 Å². The summed E-state index contributed by atoms with van der Waals surface area (Å²) in [6.45, 7) is 0.312. The average Bonchev–Trinajstić information content (AvgIpc) is 2.68. The summed E-state index contributed by atoms with van der Waals surface area (Å²) in [5, 5.41) is 0.612. The van der Waals surface area contributed by atoms with Crippen molar-refractivity contribution >= 4 is 27.5 Å². The number of alkyl halides is 1. The molecule has 1 amide bonds. The molecule has 2 nitrogen and oxygen atoms in total. The fourth-order valence-electron chi connectivity index (χ4n) is 1.84. The molecule has 1 saturated heterocycles. The van der Waals surface area contributed by atoms with Crippen molar-refractivity contribution in [3.05, 3.63) is 29.6 Å². The second-order valence-electron chi connectivity index (χ2n) is 3.92. The monoisotopic (exact) mass is 307 g/mol. The molecule has 6 heteroatoms. The van der Waals surface area contributed by atoms with Crippen LogP contribution in [-0.2, 0) is 4.79 Å². The predicted molar refractivity (Wildman–Crippen MR) is 60.6 cm³/mol. The molecule has 1 fully saturated rings. The van der Waals surface area contributed by atoms with Crippen molar-refractivity contribution in [1.82, 2.24) is 0 Å². The van der Waals surface area contributed by atoms with E-state index in [0.717, 1.165) is 17.0 Å². The third-order valence-electron chi connectivity index (χ3n) is 2.73. The van der Waals surface area contributed by atoms with E-state index in [9.17, 15) is 18.0 Å². The molecule has 0 radical (unpaired) electrons. The Morgan fingerprint density at radius 3 is 2.59 bits per heavy atom. The van der Waals surface area contributed by atoms with E-state index >= 15 is 0 Å². The fraction of sp³-hybridized carbons (Fsp3) is 0.364. The smallest absolute Gasteiger partial charge is 0.227 e. The van der Waals surface area contributed by atoms with Crippen LogP contribution >= 0.6 is 15.9 Å². The van der Waals surface area contributed by atoms with Crippen molar-refractivity contribution in [2.45, 2.75) is 6.42 Å². The van der Waals surface area contributed by atoms with Crippen molar-refractivity contribution in [3.63, 3.8) is 0 Å². The van der Waals surface area contributed by atoms with E-state index in [4.69, 9.17) is 0 Å². The first-order valence-corrected chi connectivity index (χ1v) is 6.16. The molecule has 1 aromatic carbocycles. The molecule has 0 aliphatic carbocycles. The van der Waals surface area contributed by atoms with E-state index in [0.29, 0.717) is 11.9 Å². The number of carbonyl (C=O) groups is 1. The Bertz CT molecular complexity index is 466. The van der Waals surface area contributed by atoms with Crippen LogP contribution in [0.2, 0.25) is 0 Å². The van der Waals surface area contributed by atoms with Crippen LogP contribution in [0.5, 0.6) is 0 Å². The summed E-state index contributed by atoms with van der Waals surface area (Å²) in [7, 11) is 0. The number of nitrogens with zero attached hydrogens (tertiary/aromatic N) is 1. The van der Waals surface area contributed by atoms with E-state index in [1.807, 2.05) is 0 Å². The lowest BCUT2D eigenvalue weighted by Gasteiger charge is -2.17. The number of carbonyl (C=O) groups excluding carboxylic acids is 1. The van der Waals surface area contributed by atoms with Gasteiger partial charge in [0.25, 0.3) is 0 Å². The number of hydrogen-bond donors (Lipinski definition) is 0. The SMILES string of the molecule is O=C1CC(CBr)CN1c1ccc(F)c(F)c1F. The highest BCUT2D eigenvalue weighted by Gasteiger charge is 2.32. The Balaban J connectivity index is 2.35. The lowest BCUT2D eigenvalue weighted by Crippen LogP contribution is -2.26. The lowest BCUT2D eigenvalue weighted by molar-refractivity contribution is -0.117. The molecular formula is C11H9BrF3NO. The zero-order valence-electron chi connectivity index (χ0n) is 8.72. The Hall–Kier alpha value is -1.04. The Labute approximate surface area is 105 Å². The van der Waals surface area contributed by atoms with Crippen molar-refractivity contribution in [1.29, 1.82) is 0 Å². The molecule has 1 aliphatic rings. The van der Waals surface area contributed by atoms with Crippen LogP contribution in [0.3, 0.4) is 0 Å². The summed E-state index contributed by atoms with van der Waals surface area (Å²) in [5.74, 6) is -4.32. The van der Waals surface area contributed by atoms with Crippen LogP contribution in [0.1, 0.15) is 6.42 Å². The molecule has 92 valence electrons. The van der Waals surface area contributed by atoms with Gasteiger partial charge in [-0.2, -0.15) is 0 Å². The third kappa shape index (κ3) is 2.18. The van der Waals surface area contributed by atoms with Gasteiger partial charge in [-0.1, -0.05) is 15.9 Å². The van der Waals surface area contributed by atoms with Gasteiger partial charge in [-0.3, -0.25) is 4.79 Å². The molecule has 1 aromatic rings. The second kappa shape index (κ2) is 4.68. The number of benzene rings is 1. The highest BCUT2D eigenvalue weighted by Crippen LogP contribution is 2.29. The van der Waals surface area contributed by atoms with E-state index in [1.54, 1.807) is 0 Å². The van der Waals surface area contributed by atoms with Gasteiger partial charge in [0.05, 0.1) is 5.69 Å². The largest absolute Gasteiger partial charge is 0.309 e. The van der Waals surface area contributed by atoms with Crippen LogP contribution in [0.25, 0.3) is 0 Å². The number of rotatable bonds is 2. The minimum atomic E-state index is -1.54. The lowest BCUT2D eigenvalue weighted by atomic mass is 10.2. The van der Waals surface area contributed by atoms with E-state index in [1.165, 1.54) is 0 Å². The summed E-state index contributed by atoms with van der Waals surface area (Å²) in [4.78, 5) is 12.8. The number of hydrogen-bond acceptors (Lipinski definition) is 1. The van der Waals surface area contributed by atoms with Gasteiger partial charge < -0.3 is 4.90 Å². The summed E-state index contributed by atoms with van der Waals surface area (Å²) < 4.78 is 39.3. The second-order valence-corrected chi connectivity index (χ2v) is 4.57. The van der Waals surface area contributed by atoms with E-state index < -0.39 is 17.5 Å². The van der Waals surface area contributed by atoms with Crippen molar-refractivity contribution in [2.24, 2.45) is 5.92 Å². The summed E-state index contributed by atoms with van der Waals surface area (Å²) in [6.07, 6.45) is 0.281. The Morgan fingerprint density at radius 2 is 2.00 bits per heavy atom. The molecule has 2 rings (SSSR count). The van der Waals surface area contributed by atoms with E-state index in [2.05, 4.69) is 15.9 Å². The molecule has 0 N–H and O–H groups in total. The van der Waals surface area contributed by atoms with Crippen LogP contribution in [0.4, 0.5) is 18.9 Å². The first-order chi connectivity index (χ1) is 8.04. The van der Waals surface area contributed by atoms with Gasteiger partial charge in [0.15, 0.2) is 17.5 Å². The van der Waals surface area contributed by atoms with Gasteiger partial charge in [0.2, 0.25) is 5.91 Å². The Kier molecular flexibility index (Phi) is 3.42. The van der Waals surface area contributed by atoms with Gasteiger partial charge in [-0.15, -0.1) is 0 Å². The zero-order valence-corrected chi connectivity index (χ0v) is 10.3. The number of halogens is 4. The summed E-state index contributed by atoms with van der Waals surface area (Å²) in [5.41, 5.74) is -0.197. The minimum Gasteiger partial charge on any atom is -0.309 e. The van der Waals surface area contributed by atoms with E-state index in [-0.39, 0.29) is 23.9 Å². The van der Waals surface area contributed by atoms with Crippen LogP contribution < -0.4 is 4.90 Å². The summed E-state index contributed by atoms with van der Waals surface area (Å²) >= 11 is 3.24. The third-order valence-corrected chi connectivity index (χ3v) is 3.64. The van der Waals surface area contributed by atoms with Crippen molar-refractivity contribution < 1.29 is 18.0 Å². The highest BCUT2D eigenvalue weighted by molar-refractivity contribution is 9.09. The fourth-order valence-corrected chi connectivity index (χ4v) is 2.28. The molecule has 1 atom stereocenters. The molecular weight excluding hydrogens is 299 g/mol. The van der Waals surface area contributed by atoms with Crippen molar-refractivity contribution in [2.75, 3.05) is 16.8 Å². The quantitative estimate of drug-likeness (QED) is 0.608.